The Balaban J connectivity index is 2.31. The standard InChI is InChI=1S/C6H8N4/c7-6-3-5-4-8-1-2-10(5)9-6/h1,3-4,9H,2,7H2. The Hall–Kier alpha value is -1.45. The van der Waals surface area contributed by atoms with Crippen molar-refractivity contribution in [1.29, 1.82) is 0 Å². The fourth-order valence-electron chi connectivity index (χ4n) is 1.01. The maximum absolute atomic E-state index is 5.51. The van der Waals surface area contributed by atoms with E-state index in [9.17, 15) is 0 Å². The highest BCUT2D eigenvalue weighted by atomic mass is 15.5. The van der Waals surface area contributed by atoms with Crippen LogP contribution in [0.1, 0.15) is 0 Å². The summed E-state index contributed by atoms with van der Waals surface area (Å²) in [5.41, 5.74) is 9.50. The molecule has 0 spiro atoms. The Kier molecular flexibility index (Phi) is 0.943. The maximum atomic E-state index is 5.51. The van der Waals surface area contributed by atoms with Crippen molar-refractivity contribution in [2.75, 3.05) is 6.54 Å². The summed E-state index contributed by atoms with van der Waals surface area (Å²) in [7, 11) is 0. The average molecular weight is 136 g/mol. The van der Waals surface area contributed by atoms with Crippen LogP contribution in [0.25, 0.3) is 0 Å². The normalized spacial score (nSPS) is 21.4. The van der Waals surface area contributed by atoms with Gasteiger partial charge in [-0.15, -0.1) is 0 Å². The SMILES string of the molecule is NC1=CC2=CN=CCN2N1. The lowest BCUT2D eigenvalue weighted by atomic mass is 10.4. The molecule has 0 aliphatic carbocycles. The second-order valence-electron chi connectivity index (χ2n) is 2.21. The highest BCUT2D eigenvalue weighted by Gasteiger charge is 2.15. The summed E-state index contributed by atoms with van der Waals surface area (Å²) in [5.74, 6) is 0.678. The first-order chi connectivity index (χ1) is 4.86. The van der Waals surface area contributed by atoms with Crippen molar-refractivity contribution in [3.05, 3.63) is 23.8 Å². The van der Waals surface area contributed by atoms with Gasteiger partial charge in [-0.25, -0.2) is 0 Å². The molecule has 0 saturated carbocycles. The number of rotatable bonds is 0. The van der Waals surface area contributed by atoms with Crippen LogP contribution in [-0.4, -0.2) is 17.8 Å². The molecule has 0 saturated heterocycles. The lowest BCUT2D eigenvalue weighted by Gasteiger charge is -2.19. The van der Waals surface area contributed by atoms with Gasteiger partial charge in [0.2, 0.25) is 0 Å². The van der Waals surface area contributed by atoms with Crippen molar-refractivity contribution in [1.82, 2.24) is 10.4 Å². The van der Waals surface area contributed by atoms with E-state index in [2.05, 4.69) is 10.4 Å². The smallest absolute Gasteiger partial charge is 0.117 e. The molecule has 0 aromatic rings. The topological polar surface area (TPSA) is 53.6 Å². The molecule has 0 radical (unpaired) electrons. The van der Waals surface area contributed by atoms with Crippen LogP contribution in [0.2, 0.25) is 0 Å². The molecule has 52 valence electrons. The first kappa shape index (κ1) is 5.34. The number of hydrogen-bond donors (Lipinski definition) is 2. The van der Waals surface area contributed by atoms with Crippen molar-refractivity contribution in [3.8, 4) is 0 Å². The molecule has 10 heavy (non-hydrogen) atoms. The molecule has 2 aliphatic heterocycles. The zero-order chi connectivity index (χ0) is 6.97. The van der Waals surface area contributed by atoms with Crippen molar-refractivity contribution in [2.24, 2.45) is 10.7 Å². The van der Waals surface area contributed by atoms with E-state index in [1.165, 1.54) is 0 Å². The highest BCUT2D eigenvalue weighted by molar-refractivity contribution is 5.63. The molecule has 0 fully saturated rings. The molecule has 3 N–H and O–H groups in total. The van der Waals surface area contributed by atoms with E-state index < -0.39 is 0 Å². The quantitative estimate of drug-likeness (QED) is 0.473. The summed E-state index contributed by atoms with van der Waals surface area (Å²) in [6, 6.07) is 0. The monoisotopic (exact) mass is 136 g/mol. The van der Waals surface area contributed by atoms with Gasteiger partial charge in [-0.1, -0.05) is 0 Å². The molecule has 2 rings (SSSR count). The second-order valence-corrected chi connectivity index (χ2v) is 2.21. The van der Waals surface area contributed by atoms with Gasteiger partial charge in [-0.2, -0.15) is 0 Å². The van der Waals surface area contributed by atoms with Gasteiger partial charge in [0.25, 0.3) is 0 Å². The van der Waals surface area contributed by atoms with Crippen molar-refractivity contribution in [3.63, 3.8) is 0 Å². The molecular weight excluding hydrogens is 128 g/mol. The molecule has 0 unspecified atom stereocenters. The van der Waals surface area contributed by atoms with Gasteiger partial charge in [0.05, 0.1) is 18.4 Å². The number of nitrogens with one attached hydrogen (secondary N) is 1. The largest absolute Gasteiger partial charge is 0.384 e. The predicted octanol–water partition coefficient (Wildman–Crippen LogP) is -0.467. The van der Waals surface area contributed by atoms with Gasteiger partial charge in [-0.05, 0) is 0 Å². The summed E-state index contributed by atoms with van der Waals surface area (Å²) >= 11 is 0. The molecule has 2 aliphatic rings. The van der Waals surface area contributed by atoms with Crippen LogP contribution in [0.3, 0.4) is 0 Å². The van der Waals surface area contributed by atoms with Crippen molar-refractivity contribution in [2.45, 2.75) is 0 Å². The first-order valence-electron chi connectivity index (χ1n) is 3.09. The highest BCUT2D eigenvalue weighted by Crippen LogP contribution is 2.12. The summed E-state index contributed by atoms with van der Waals surface area (Å²) in [4.78, 5) is 3.99. The van der Waals surface area contributed by atoms with E-state index in [4.69, 9.17) is 5.73 Å². The van der Waals surface area contributed by atoms with Crippen LogP contribution in [0, 0.1) is 0 Å². The Morgan fingerprint density at radius 1 is 1.70 bits per heavy atom. The average Bonchev–Trinajstić information content (AvgIpc) is 2.27. The Morgan fingerprint density at radius 3 is 3.40 bits per heavy atom. The van der Waals surface area contributed by atoms with Crippen LogP contribution < -0.4 is 11.2 Å². The fourth-order valence-corrected chi connectivity index (χ4v) is 1.01. The maximum Gasteiger partial charge on any atom is 0.117 e. The van der Waals surface area contributed by atoms with E-state index >= 15 is 0 Å². The van der Waals surface area contributed by atoms with Crippen LogP contribution in [0.15, 0.2) is 28.8 Å². The van der Waals surface area contributed by atoms with Crippen LogP contribution >= 0.6 is 0 Å². The summed E-state index contributed by atoms with van der Waals surface area (Å²) in [6.45, 7) is 0.781. The van der Waals surface area contributed by atoms with Crippen LogP contribution in [-0.2, 0) is 0 Å². The van der Waals surface area contributed by atoms with Crippen LogP contribution in [0.4, 0.5) is 0 Å². The Morgan fingerprint density at radius 2 is 2.60 bits per heavy atom. The number of hydrazine groups is 1. The first-order valence-corrected chi connectivity index (χ1v) is 3.09. The van der Waals surface area contributed by atoms with E-state index in [0.29, 0.717) is 5.82 Å². The molecule has 4 nitrogen and oxygen atoms in total. The van der Waals surface area contributed by atoms with E-state index in [1.54, 1.807) is 6.20 Å². The minimum absolute atomic E-state index is 0.678. The summed E-state index contributed by atoms with van der Waals surface area (Å²) in [6.07, 6.45) is 5.45. The predicted molar refractivity (Wildman–Crippen MR) is 38.7 cm³/mol. The van der Waals surface area contributed by atoms with Crippen LogP contribution in [0.5, 0.6) is 0 Å². The number of nitrogens with two attached hydrogens (primary N) is 1. The molecule has 0 aromatic carbocycles. The number of hydrogen-bond acceptors (Lipinski definition) is 4. The number of allylic oxidation sites excluding steroid dienone is 1. The summed E-state index contributed by atoms with van der Waals surface area (Å²) < 4.78 is 0. The molecule has 0 amide bonds. The fraction of sp³-hybridized carbons (Fsp3) is 0.167. The van der Waals surface area contributed by atoms with Gasteiger partial charge in [0.15, 0.2) is 0 Å². The third kappa shape index (κ3) is 0.655. The zero-order valence-electron chi connectivity index (χ0n) is 5.41. The van der Waals surface area contributed by atoms with Gasteiger partial charge in [0.1, 0.15) is 5.82 Å². The minimum Gasteiger partial charge on any atom is -0.384 e. The number of aliphatic imine (C=N–C) groups is 1. The van der Waals surface area contributed by atoms with E-state index in [1.807, 2.05) is 17.3 Å². The number of fused-ring (bicyclic) bond motifs is 1. The van der Waals surface area contributed by atoms with E-state index in [0.717, 1.165) is 12.2 Å². The lowest BCUT2D eigenvalue weighted by molar-refractivity contribution is 0.343. The third-order valence-electron chi connectivity index (χ3n) is 1.46. The minimum atomic E-state index is 0.678. The molecular formula is C6H8N4. The van der Waals surface area contributed by atoms with Gasteiger partial charge < -0.3 is 5.73 Å². The Labute approximate surface area is 58.7 Å². The molecule has 4 heteroatoms. The van der Waals surface area contributed by atoms with Crippen molar-refractivity contribution >= 4 is 6.21 Å². The Bertz CT molecular complexity index is 238. The summed E-state index contributed by atoms with van der Waals surface area (Å²) in [5, 5.41) is 1.93. The zero-order valence-corrected chi connectivity index (χ0v) is 5.41. The molecule has 0 atom stereocenters. The third-order valence-corrected chi connectivity index (χ3v) is 1.46. The number of nitrogens with zero attached hydrogens (tertiary/aromatic N) is 2. The van der Waals surface area contributed by atoms with Crippen molar-refractivity contribution < 1.29 is 0 Å². The van der Waals surface area contributed by atoms with Gasteiger partial charge >= 0.3 is 0 Å². The molecule has 0 bridgehead atoms. The second kappa shape index (κ2) is 1.76. The van der Waals surface area contributed by atoms with Gasteiger partial charge in [-0.3, -0.25) is 15.4 Å². The molecule has 2 heterocycles. The van der Waals surface area contributed by atoms with E-state index in [-0.39, 0.29) is 0 Å². The lowest BCUT2D eigenvalue weighted by Crippen LogP contribution is -2.35. The van der Waals surface area contributed by atoms with Gasteiger partial charge in [0, 0.05) is 12.3 Å². The molecule has 0 aromatic heterocycles.